The van der Waals surface area contributed by atoms with E-state index in [9.17, 15) is 9.90 Å². The number of nitrogens with two attached hydrogens (primary N) is 1. The molecule has 0 saturated carbocycles. The van der Waals surface area contributed by atoms with Crippen LogP contribution in [0.5, 0.6) is 5.75 Å². The number of rotatable bonds is 3. The number of phenolic OH excluding ortho intramolecular Hbond substituents is 1. The van der Waals surface area contributed by atoms with Crippen molar-refractivity contribution in [2.75, 3.05) is 26.3 Å². The van der Waals surface area contributed by atoms with Crippen molar-refractivity contribution in [3.05, 3.63) is 29.8 Å². The summed E-state index contributed by atoms with van der Waals surface area (Å²) in [5.74, 6) is 0.179. The lowest BCUT2D eigenvalue weighted by atomic mass is 10.1. The maximum Gasteiger partial charge on any atom is 0.239 e. The molecule has 0 aliphatic carbocycles. The average molecular weight is 250 g/mol. The Morgan fingerprint density at radius 1 is 1.33 bits per heavy atom. The highest BCUT2D eigenvalue weighted by molar-refractivity contribution is 5.82. The van der Waals surface area contributed by atoms with Crippen LogP contribution in [0.1, 0.15) is 5.56 Å². The molecule has 1 atom stereocenters. The number of carbonyl (C=O) groups is 1. The molecular weight excluding hydrogens is 232 g/mol. The minimum atomic E-state index is -0.535. The van der Waals surface area contributed by atoms with Crippen LogP contribution in [0.25, 0.3) is 0 Å². The lowest BCUT2D eigenvalue weighted by Crippen LogP contribution is -2.49. The van der Waals surface area contributed by atoms with Crippen LogP contribution in [-0.2, 0) is 16.0 Å². The number of nitrogens with zero attached hydrogens (tertiary/aromatic N) is 1. The van der Waals surface area contributed by atoms with E-state index in [4.69, 9.17) is 10.5 Å². The van der Waals surface area contributed by atoms with Crippen molar-refractivity contribution in [1.82, 2.24) is 4.90 Å². The fraction of sp³-hybridized carbons (Fsp3) is 0.462. The molecule has 1 saturated heterocycles. The van der Waals surface area contributed by atoms with Gasteiger partial charge in [-0.3, -0.25) is 4.79 Å². The van der Waals surface area contributed by atoms with Gasteiger partial charge in [0.25, 0.3) is 0 Å². The molecule has 0 aromatic heterocycles. The lowest BCUT2D eigenvalue weighted by Gasteiger charge is -2.29. The SMILES string of the molecule is NC(Cc1ccc(O)cc1)C(=O)N1CCOCC1. The van der Waals surface area contributed by atoms with Gasteiger partial charge in [-0.15, -0.1) is 0 Å². The van der Waals surface area contributed by atoms with E-state index in [1.54, 1.807) is 29.2 Å². The number of morpholine rings is 1. The van der Waals surface area contributed by atoms with Crippen LogP contribution in [0, 0.1) is 0 Å². The van der Waals surface area contributed by atoms with Crippen molar-refractivity contribution < 1.29 is 14.6 Å². The fourth-order valence-electron chi connectivity index (χ4n) is 1.99. The van der Waals surface area contributed by atoms with E-state index < -0.39 is 6.04 Å². The first-order valence-corrected chi connectivity index (χ1v) is 6.07. The van der Waals surface area contributed by atoms with Crippen molar-refractivity contribution in [3.63, 3.8) is 0 Å². The molecule has 1 fully saturated rings. The van der Waals surface area contributed by atoms with Crippen molar-refractivity contribution in [1.29, 1.82) is 0 Å². The van der Waals surface area contributed by atoms with E-state index in [1.165, 1.54) is 0 Å². The molecule has 1 aromatic rings. The molecule has 98 valence electrons. The Morgan fingerprint density at radius 2 is 1.94 bits per heavy atom. The largest absolute Gasteiger partial charge is 0.508 e. The zero-order chi connectivity index (χ0) is 13.0. The van der Waals surface area contributed by atoms with Crippen LogP contribution in [0.4, 0.5) is 0 Å². The number of aromatic hydroxyl groups is 1. The summed E-state index contributed by atoms with van der Waals surface area (Å²) in [4.78, 5) is 13.8. The highest BCUT2D eigenvalue weighted by Crippen LogP contribution is 2.12. The van der Waals surface area contributed by atoms with Gasteiger partial charge >= 0.3 is 0 Å². The number of amides is 1. The Morgan fingerprint density at radius 3 is 2.56 bits per heavy atom. The molecule has 1 aromatic carbocycles. The van der Waals surface area contributed by atoms with Gasteiger partial charge in [0.1, 0.15) is 5.75 Å². The molecule has 1 heterocycles. The third-order valence-corrected chi connectivity index (χ3v) is 3.03. The second kappa shape index (κ2) is 5.84. The molecule has 5 heteroatoms. The van der Waals surface area contributed by atoms with Crippen LogP contribution in [0.2, 0.25) is 0 Å². The van der Waals surface area contributed by atoms with Crippen LogP contribution in [0.3, 0.4) is 0 Å². The number of benzene rings is 1. The van der Waals surface area contributed by atoms with Crippen molar-refractivity contribution in [2.45, 2.75) is 12.5 Å². The standard InChI is InChI=1S/C13H18N2O3/c14-12(9-10-1-3-11(16)4-2-10)13(17)15-5-7-18-8-6-15/h1-4,12,16H,5-9,14H2. The van der Waals surface area contributed by atoms with Gasteiger partial charge in [-0.05, 0) is 24.1 Å². The van der Waals surface area contributed by atoms with Crippen molar-refractivity contribution >= 4 is 5.91 Å². The van der Waals surface area contributed by atoms with Crippen LogP contribution < -0.4 is 5.73 Å². The number of carbonyl (C=O) groups excluding carboxylic acids is 1. The Balaban J connectivity index is 1.92. The lowest BCUT2D eigenvalue weighted by molar-refractivity contribution is -0.136. The topological polar surface area (TPSA) is 75.8 Å². The van der Waals surface area contributed by atoms with Gasteiger partial charge in [0.15, 0.2) is 0 Å². The molecule has 1 amide bonds. The monoisotopic (exact) mass is 250 g/mol. The first-order chi connectivity index (χ1) is 8.66. The predicted molar refractivity (Wildman–Crippen MR) is 67.2 cm³/mol. The van der Waals surface area contributed by atoms with E-state index in [-0.39, 0.29) is 11.7 Å². The molecule has 18 heavy (non-hydrogen) atoms. The second-order valence-electron chi connectivity index (χ2n) is 4.41. The third kappa shape index (κ3) is 3.21. The van der Waals surface area contributed by atoms with Gasteiger partial charge in [-0.1, -0.05) is 12.1 Å². The highest BCUT2D eigenvalue weighted by Gasteiger charge is 2.22. The summed E-state index contributed by atoms with van der Waals surface area (Å²) in [6.45, 7) is 2.39. The van der Waals surface area contributed by atoms with Gasteiger partial charge < -0.3 is 20.5 Å². The van der Waals surface area contributed by atoms with Crippen molar-refractivity contribution in [2.24, 2.45) is 5.73 Å². The van der Waals surface area contributed by atoms with Gasteiger partial charge in [0.2, 0.25) is 5.91 Å². The van der Waals surface area contributed by atoms with Crippen LogP contribution in [-0.4, -0.2) is 48.3 Å². The molecule has 1 aliphatic heterocycles. The molecule has 3 N–H and O–H groups in total. The minimum absolute atomic E-state index is 0.0358. The Bertz CT molecular complexity index is 399. The van der Waals surface area contributed by atoms with E-state index >= 15 is 0 Å². The quantitative estimate of drug-likeness (QED) is 0.799. The molecule has 1 aliphatic rings. The Labute approximate surface area is 106 Å². The predicted octanol–water partition coefficient (Wildman–Crippen LogP) is 0.121. The molecule has 5 nitrogen and oxygen atoms in total. The summed E-state index contributed by atoms with van der Waals surface area (Å²) < 4.78 is 5.20. The summed E-state index contributed by atoms with van der Waals surface area (Å²) in [5, 5.41) is 9.18. The molecule has 0 radical (unpaired) electrons. The van der Waals surface area contributed by atoms with Crippen molar-refractivity contribution in [3.8, 4) is 5.75 Å². The maximum absolute atomic E-state index is 12.1. The number of hydrogen-bond acceptors (Lipinski definition) is 4. The minimum Gasteiger partial charge on any atom is -0.508 e. The normalized spacial score (nSPS) is 17.5. The summed E-state index contributed by atoms with van der Waals surface area (Å²) in [5.41, 5.74) is 6.87. The van der Waals surface area contributed by atoms with E-state index in [0.29, 0.717) is 32.7 Å². The van der Waals surface area contributed by atoms with Crippen LogP contribution in [0.15, 0.2) is 24.3 Å². The number of ether oxygens (including phenoxy) is 1. The first kappa shape index (κ1) is 12.9. The molecule has 1 unspecified atom stereocenters. The van der Waals surface area contributed by atoms with Gasteiger partial charge in [0, 0.05) is 13.1 Å². The van der Waals surface area contributed by atoms with Gasteiger partial charge in [-0.2, -0.15) is 0 Å². The van der Waals surface area contributed by atoms with E-state index in [1.807, 2.05) is 0 Å². The zero-order valence-electron chi connectivity index (χ0n) is 10.2. The maximum atomic E-state index is 12.1. The molecule has 2 rings (SSSR count). The Hall–Kier alpha value is -1.59. The molecular formula is C13H18N2O3. The smallest absolute Gasteiger partial charge is 0.239 e. The molecule has 0 spiro atoms. The van der Waals surface area contributed by atoms with Crippen LogP contribution >= 0.6 is 0 Å². The first-order valence-electron chi connectivity index (χ1n) is 6.07. The van der Waals surface area contributed by atoms with E-state index in [2.05, 4.69) is 0 Å². The summed E-state index contributed by atoms with van der Waals surface area (Å²) in [6, 6.07) is 6.22. The molecule has 0 bridgehead atoms. The van der Waals surface area contributed by atoms with Gasteiger partial charge in [0.05, 0.1) is 19.3 Å². The third-order valence-electron chi connectivity index (χ3n) is 3.03. The Kier molecular flexibility index (Phi) is 4.17. The van der Waals surface area contributed by atoms with Gasteiger partial charge in [-0.25, -0.2) is 0 Å². The highest BCUT2D eigenvalue weighted by atomic mass is 16.5. The summed E-state index contributed by atoms with van der Waals surface area (Å²) >= 11 is 0. The number of phenols is 1. The fourth-order valence-corrected chi connectivity index (χ4v) is 1.99. The number of hydrogen-bond donors (Lipinski definition) is 2. The average Bonchev–Trinajstić information content (AvgIpc) is 2.41. The zero-order valence-corrected chi connectivity index (χ0v) is 10.2. The summed E-state index contributed by atoms with van der Waals surface area (Å²) in [6.07, 6.45) is 0.483. The second-order valence-corrected chi connectivity index (χ2v) is 4.41. The van der Waals surface area contributed by atoms with E-state index in [0.717, 1.165) is 5.56 Å². The summed E-state index contributed by atoms with van der Waals surface area (Å²) in [7, 11) is 0.